The summed E-state index contributed by atoms with van der Waals surface area (Å²) in [6, 6.07) is 0. The molecule has 0 aromatic heterocycles. The Labute approximate surface area is 125 Å². The van der Waals surface area contributed by atoms with Crippen LogP contribution in [0, 0.1) is 5.92 Å². The molecule has 2 rings (SSSR count). The quantitative estimate of drug-likeness (QED) is 0.602. The molecule has 2 aliphatic rings. The lowest BCUT2D eigenvalue weighted by molar-refractivity contribution is 0.0691. The van der Waals surface area contributed by atoms with E-state index in [-0.39, 0.29) is 12.5 Å². The maximum Gasteiger partial charge on any atom is 0.282 e. The first-order chi connectivity index (χ1) is 9.79. The molecule has 21 heavy (non-hydrogen) atoms. The molecule has 0 aromatic rings. The van der Waals surface area contributed by atoms with Crippen LogP contribution < -0.4 is 9.86 Å². The normalized spacial score (nSPS) is 26.8. The Bertz CT molecular complexity index is 544. The van der Waals surface area contributed by atoms with Crippen molar-refractivity contribution in [2.24, 2.45) is 11.1 Å². The van der Waals surface area contributed by atoms with Crippen LogP contribution in [0.1, 0.15) is 12.8 Å². The van der Waals surface area contributed by atoms with Crippen molar-refractivity contribution < 1.29 is 21.6 Å². The molecule has 2 fully saturated rings. The van der Waals surface area contributed by atoms with Gasteiger partial charge >= 0.3 is 0 Å². The predicted molar refractivity (Wildman–Crippen MR) is 76.7 cm³/mol. The molecule has 0 spiro atoms. The molecule has 1 unspecified atom stereocenters. The van der Waals surface area contributed by atoms with E-state index in [0.29, 0.717) is 45.8 Å². The molecule has 0 aromatic carbocycles. The summed E-state index contributed by atoms with van der Waals surface area (Å²) >= 11 is 0. The Kier molecular flexibility index (Phi) is 5.57. The summed E-state index contributed by atoms with van der Waals surface area (Å²) in [5, 5.41) is 4.90. The molecule has 0 saturated carbocycles. The number of morpholine rings is 1. The van der Waals surface area contributed by atoms with Crippen molar-refractivity contribution in [2.75, 3.05) is 45.9 Å². The van der Waals surface area contributed by atoms with Gasteiger partial charge in [0.2, 0.25) is 0 Å². The maximum absolute atomic E-state index is 12.5. The van der Waals surface area contributed by atoms with Gasteiger partial charge in [-0.2, -0.15) is 25.4 Å². The molecule has 0 aliphatic carbocycles. The van der Waals surface area contributed by atoms with Gasteiger partial charge in [0, 0.05) is 32.7 Å². The maximum atomic E-state index is 12.5. The van der Waals surface area contributed by atoms with Gasteiger partial charge in [-0.1, -0.05) is 0 Å². The summed E-state index contributed by atoms with van der Waals surface area (Å²) in [6.45, 7) is 2.46. The largest absolute Gasteiger partial charge is 0.379 e. The van der Waals surface area contributed by atoms with Crippen LogP contribution in [0.3, 0.4) is 0 Å². The number of hydrogen-bond donors (Lipinski definition) is 2. The summed E-state index contributed by atoms with van der Waals surface area (Å²) in [5.41, 5.74) is 0. The van der Waals surface area contributed by atoms with E-state index in [0.717, 1.165) is 6.42 Å². The monoisotopic (exact) mass is 342 g/mol. The molecule has 2 aliphatic heterocycles. The van der Waals surface area contributed by atoms with Gasteiger partial charge in [-0.15, -0.1) is 0 Å². The summed E-state index contributed by atoms with van der Waals surface area (Å²) in [7, 11) is -7.24. The van der Waals surface area contributed by atoms with Crippen molar-refractivity contribution >= 4 is 20.4 Å². The molecule has 11 heteroatoms. The second-order valence-electron chi connectivity index (χ2n) is 5.28. The third kappa shape index (κ3) is 4.84. The highest BCUT2D eigenvalue weighted by molar-refractivity contribution is 7.87. The van der Waals surface area contributed by atoms with Crippen molar-refractivity contribution in [2.45, 2.75) is 12.8 Å². The fraction of sp³-hybridized carbons (Fsp3) is 1.00. The fourth-order valence-corrected chi connectivity index (χ4v) is 4.74. The zero-order chi connectivity index (χ0) is 15.5. The second-order valence-corrected chi connectivity index (χ2v) is 8.59. The number of nitrogens with one attached hydrogen (secondary N) is 1. The van der Waals surface area contributed by atoms with Gasteiger partial charge in [-0.05, 0) is 18.8 Å². The summed E-state index contributed by atoms with van der Waals surface area (Å²) in [4.78, 5) is 0. The second kappa shape index (κ2) is 6.86. The average molecular weight is 342 g/mol. The molecule has 124 valence electrons. The summed E-state index contributed by atoms with van der Waals surface area (Å²) in [5.74, 6) is -0.0621. The molecular formula is C10H22N4O5S2. The van der Waals surface area contributed by atoms with Crippen molar-refractivity contribution in [3.8, 4) is 0 Å². The van der Waals surface area contributed by atoms with E-state index in [9.17, 15) is 16.8 Å². The van der Waals surface area contributed by atoms with E-state index in [1.54, 1.807) is 0 Å². The summed E-state index contributed by atoms with van der Waals surface area (Å²) in [6.07, 6.45) is 1.48. The standard InChI is InChI=1S/C10H22N4O5S2/c11-20(15,16)12-8-10-2-1-3-14(9-10)21(17,18)13-4-6-19-7-5-13/h10,12H,1-9H2,(H2,11,15,16). The lowest BCUT2D eigenvalue weighted by atomic mass is 10.0. The topological polar surface area (TPSA) is 122 Å². The van der Waals surface area contributed by atoms with Gasteiger partial charge in [0.25, 0.3) is 20.4 Å². The molecule has 9 nitrogen and oxygen atoms in total. The number of rotatable bonds is 5. The van der Waals surface area contributed by atoms with E-state index in [1.807, 2.05) is 0 Å². The SMILES string of the molecule is NS(=O)(=O)NCC1CCCN(S(=O)(=O)N2CCOCC2)C1. The van der Waals surface area contributed by atoms with Gasteiger partial charge < -0.3 is 4.74 Å². The van der Waals surface area contributed by atoms with Gasteiger partial charge in [0.1, 0.15) is 0 Å². The zero-order valence-corrected chi connectivity index (χ0v) is 13.4. The molecule has 0 amide bonds. The number of hydrogen-bond acceptors (Lipinski definition) is 5. The molecule has 0 bridgehead atoms. The van der Waals surface area contributed by atoms with Gasteiger partial charge in [-0.3, -0.25) is 0 Å². The van der Waals surface area contributed by atoms with Crippen LogP contribution in [-0.4, -0.2) is 71.4 Å². The van der Waals surface area contributed by atoms with E-state index in [2.05, 4.69) is 4.72 Å². The minimum absolute atomic E-state index is 0.0621. The summed E-state index contributed by atoms with van der Waals surface area (Å²) < 4.78 is 57.1. The minimum Gasteiger partial charge on any atom is -0.379 e. The third-order valence-electron chi connectivity index (χ3n) is 3.68. The van der Waals surface area contributed by atoms with E-state index >= 15 is 0 Å². The van der Waals surface area contributed by atoms with Crippen molar-refractivity contribution in [1.82, 2.24) is 13.3 Å². The first-order valence-electron chi connectivity index (χ1n) is 6.89. The van der Waals surface area contributed by atoms with Crippen molar-refractivity contribution in [1.29, 1.82) is 0 Å². The molecule has 0 radical (unpaired) electrons. The van der Waals surface area contributed by atoms with E-state index in [4.69, 9.17) is 9.88 Å². The van der Waals surface area contributed by atoms with Crippen LogP contribution in [-0.2, 0) is 25.2 Å². The van der Waals surface area contributed by atoms with Crippen molar-refractivity contribution in [3.05, 3.63) is 0 Å². The van der Waals surface area contributed by atoms with Crippen LogP contribution in [0.2, 0.25) is 0 Å². The van der Waals surface area contributed by atoms with E-state index in [1.165, 1.54) is 8.61 Å². The number of ether oxygens (including phenoxy) is 1. The Morgan fingerprint density at radius 3 is 2.38 bits per heavy atom. The number of nitrogens with zero attached hydrogens (tertiary/aromatic N) is 2. The Hall–Kier alpha value is -0.300. The fourth-order valence-electron chi connectivity index (χ4n) is 2.58. The molecule has 2 heterocycles. The first-order valence-corrected chi connectivity index (χ1v) is 9.84. The highest BCUT2D eigenvalue weighted by Crippen LogP contribution is 2.21. The van der Waals surface area contributed by atoms with Crippen LogP contribution in [0.15, 0.2) is 0 Å². The van der Waals surface area contributed by atoms with Crippen molar-refractivity contribution in [3.63, 3.8) is 0 Å². The van der Waals surface area contributed by atoms with E-state index < -0.39 is 20.4 Å². The molecule has 3 N–H and O–H groups in total. The van der Waals surface area contributed by atoms with Crippen LogP contribution in [0.4, 0.5) is 0 Å². The number of piperidine rings is 1. The predicted octanol–water partition coefficient (Wildman–Crippen LogP) is -1.93. The Morgan fingerprint density at radius 2 is 1.76 bits per heavy atom. The van der Waals surface area contributed by atoms with Crippen LogP contribution >= 0.6 is 0 Å². The van der Waals surface area contributed by atoms with Gasteiger partial charge in [-0.25, -0.2) is 9.86 Å². The lowest BCUT2D eigenvalue weighted by Gasteiger charge is -2.36. The Morgan fingerprint density at radius 1 is 1.10 bits per heavy atom. The van der Waals surface area contributed by atoms with Crippen LogP contribution in [0.25, 0.3) is 0 Å². The molecule has 2 saturated heterocycles. The molecular weight excluding hydrogens is 320 g/mol. The smallest absolute Gasteiger partial charge is 0.282 e. The van der Waals surface area contributed by atoms with Crippen LogP contribution in [0.5, 0.6) is 0 Å². The Balaban J connectivity index is 1.96. The van der Waals surface area contributed by atoms with Gasteiger partial charge in [0.05, 0.1) is 13.2 Å². The lowest BCUT2D eigenvalue weighted by Crippen LogP contribution is -2.52. The third-order valence-corrected chi connectivity index (χ3v) is 6.25. The average Bonchev–Trinajstić information content (AvgIpc) is 2.46. The van der Waals surface area contributed by atoms with Gasteiger partial charge in [0.15, 0.2) is 0 Å². The highest BCUT2D eigenvalue weighted by Gasteiger charge is 2.34. The number of nitrogens with two attached hydrogens (primary N) is 1. The molecule has 1 atom stereocenters. The first kappa shape index (κ1) is 17.1. The zero-order valence-electron chi connectivity index (χ0n) is 11.8. The minimum atomic E-state index is -3.74. The highest BCUT2D eigenvalue weighted by atomic mass is 32.2.